The molecule has 5 nitrogen and oxygen atoms in total. The number of rotatable bonds is 12. The number of nitrogens with zero attached hydrogens (tertiary/aromatic N) is 2. The largest absolute Gasteiger partial charge is 0.449 e. The molecule has 0 fully saturated rings. The third-order valence-electron chi connectivity index (χ3n) is 6.70. The number of benzene rings is 1. The van der Waals surface area contributed by atoms with Crippen LogP contribution in [0, 0.1) is 24.0 Å². The Labute approximate surface area is 232 Å². The third-order valence-corrected chi connectivity index (χ3v) is 6.70. The van der Waals surface area contributed by atoms with E-state index in [4.69, 9.17) is 5.73 Å². The van der Waals surface area contributed by atoms with Gasteiger partial charge in [0, 0.05) is 36.9 Å². The lowest BCUT2D eigenvalue weighted by Gasteiger charge is -2.26. The zero-order chi connectivity index (χ0) is 29.8. The van der Waals surface area contributed by atoms with Crippen LogP contribution in [-0.2, 0) is 30.4 Å². The van der Waals surface area contributed by atoms with Crippen LogP contribution in [0.1, 0.15) is 68.4 Å². The van der Waals surface area contributed by atoms with Gasteiger partial charge < -0.3 is 15.6 Å². The molecule has 10 heteroatoms. The zero-order valence-electron chi connectivity index (χ0n) is 23.4. The Bertz CT molecular complexity index is 1310. The maximum absolute atomic E-state index is 14.8. The topological polar surface area (TPSA) is 72.9 Å². The Balaban J connectivity index is 1.99. The normalized spacial score (nSPS) is 14.7. The number of allylic oxidation sites excluding steroid dienone is 5. The van der Waals surface area contributed by atoms with Crippen LogP contribution in [0.25, 0.3) is 5.57 Å². The highest BCUT2D eigenvalue weighted by atomic mass is 19.4. The second-order valence-corrected chi connectivity index (χ2v) is 11.5. The first kappa shape index (κ1) is 31.3. The summed E-state index contributed by atoms with van der Waals surface area (Å²) in [5.41, 5.74) is 8.06. The molecule has 1 aromatic carbocycles. The summed E-state index contributed by atoms with van der Waals surface area (Å²) in [6, 6.07) is 1.84. The van der Waals surface area contributed by atoms with Crippen molar-refractivity contribution in [3.05, 3.63) is 82.1 Å². The summed E-state index contributed by atoms with van der Waals surface area (Å²) in [5, 5.41) is 3.32. The maximum atomic E-state index is 14.8. The van der Waals surface area contributed by atoms with Gasteiger partial charge in [0.05, 0.1) is 5.69 Å². The third kappa shape index (κ3) is 7.90. The number of aromatic nitrogens is 2. The minimum atomic E-state index is -4.72. The van der Waals surface area contributed by atoms with Crippen molar-refractivity contribution in [2.75, 3.05) is 6.54 Å². The molecule has 218 valence electrons. The highest BCUT2D eigenvalue weighted by Gasteiger charge is 2.39. The number of hydrogen-bond acceptors (Lipinski definition) is 4. The summed E-state index contributed by atoms with van der Waals surface area (Å²) in [5.74, 6) is -2.14. The molecule has 3 N–H and O–H groups in total. The summed E-state index contributed by atoms with van der Waals surface area (Å²) in [6.07, 6.45) is 0.414. The number of aldehydes is 1. The lowest BCUT2D eigenvalue weighted by Crippen LogP contribution is -2.33. The summed E-state index contributed by atoms with van der Waals surface area (Å²) in [4.78, 5) is 15.2. The van der Waals surface area contributed by atoms with Crippen LogP contribution < -0.4 is 11.1 Å². The summed E-state index contributed by atoms with van der Waals surface area (Å²) in [7, 11) is 0. The van der Waals surface area contributed by atoms with Crippen molar-refractivity contribution in [3.8, 4) is 0 Å². The summed E-state index contributed by atoms with van der Waals surface area (Å²) < 4.78 is 72.2. The van der Waals surface area contributed by atoms with Crippen molar-refractivity contribution in [1.29, 1.82) is 0 Å². The van der Waals surface area contributed by atoms with E-state index in [9.17, 15) is 26.7 Å². The van der Waals surface area contributed by atoms with Gasteiger partial charge in [-0.1, -0.05) is 39.5 Å². The molecule has 0 aliphatic heterocycles. The van der Waals surface area contributed by atoms with E-state index in [-0.39, 0.29) is 61.0 Å². The molecule has 1 atom stereocenters. The zero-order valence-corrected chi connectivity index (χ0v) is 23.4. The Morgan fingerprint density at radius 2 is 1.90 bits per heavy atom. The molecular formula is C30H37F5N4O. The van der Waals surface area contributed by atoms with Crippen LogP contribution in [0.3, 0.4) is 0 Å². The van der Waals surface area contributed by atoms with E-state index < -0.39 is 29.7 Å². The SMILES string of the molecule is C=C(CC(C)(C)C)NC(CCc1c(C2=CC=C(C=O)C2)nc(C(F)(F)F)n1CCN)Cc1cc(F)c(C)cc1F. The van der Waals surface area contributed by atoms with Crippen molar-refractivity contribution in [3.63, 3.8) is 0 Å². The second kappa shape index (κ2) is 12.5. The minimum absolute atomic E-state index is 0.0410. The number of nitrogens with one attached hydrogen (secondary N) is 1. The van der Waals surface area contributed by atoms with Crippen molar-refractivity contribution in [2.45, 2.75) is 78.6 Å². The van der Waals surface area contributed by atoms with E-state index in [1.54, 1.807) is 12.2 Å². The van der Waals surface area contributed by atoms with Crippen LogP contribution >= 0.6 is 0 Å². The average molecular weight is 565 g/mol. The molecule has 40 heavy (non-hydrogen) atoms. The van der Waals surface area contributed by atoms with E-state index in [1.165, 1.54) is 6.92 Å². The first-order valence-corrected chi connectivity index (χ1v) is 13.2. The maximum Gasteiger partial charge on any atom is 0.449 e. The molecule has 0 bridgehead atoms. The number of halogens is 5. The molecule has 0 radical (unpaired) electrons. The van der Waals surface area contributed by atoms with E-state index in [2.05, 4.69) is 16.9 Å². The Hall–Kier alpha value is -3.27. The Kier molecular flexibility index (Phi) is 9.76. The lowest BCUT2D eigenvalue weighted by atomic mass is 9.90. The molecule has 3 rings (SSSR count). The van der Waals surface area contributed by atoms with Crippen LogP contribution in [0.4, 0.5) is 22.0 Å². The fourth-order valence-corrected chi connectivity index (χ4v) is 5.00. The first-order valence-electron chi connectivity index (χ1n) is 13.2. The molecule has 1 aliphatic rings. The summed E-state index contributed by atoms with van der Waals surface area (Å²) >= 11 is 0. The molecule has 0 amide bonds. The van der Waals surface area contributed by atoms with Gasteiger partial charge in [0.15, 0.2) is 0 Å². The highest BCUT2D eigenvalue weighted by Crippen LogP contribution is 2.36. The minimum Gasteiger partial charge on any atom is -0.386 e. The molecule has 0 spiro atoms. The summed E-state index contributed by atoms with van der Waals surface area (Å²) in [6.45, 7) is 11.5. The van der Waals surface area contributed by atoms with Crippen molar-refractivity contribution in [2.24, 2.45) is 11.1 Å². The van der Waals surface area contributed by atoms with Gasteiger partial charge in [0.1, 0.15) is 17.9 Å². The second-order valence-electron chi connectivity index (χ2n) is 11.5. The average Bonchev–Trinajstić information content (AvgIpc) is 3.44. The number of hydrogen-bond donors (Lipinski definition) is 2. The van der Waals surface area contributed by atoms with Crippen LogP contribution in [-0.4, -0.2) is 28.4 Å². The van der Waals surface area contributed by atoms with Gasteiger partial charge in [0.2, 0.25) is 5.82 Å². The van der Waals surface area contributed by atoms with Crippen molar-refractivity contribution >= 4 is 11.9 Å². The smallest absolute Gasteiger partial charge is 0.386 e. The van der Waals surface area contributed by atoms with Gasteiger partial charge in [-0.05, 0) is 72.4 Å². The van der Waals surface area contributed by atoms with Crippen LogP contribution in [0.5, 0.6) is 0 Å². The number of imidazole rings is 1. The Morgan fingerprint density at radius 3 is 2.48 bits per heavy atom. The quantitative estimate of drug-likeness (QED) is 0.230. The molecule has 1 aromatic heterocycles. The number of nitrogens with two attached hydrogens (primary N) is 1. The van der Waals surface area contributed by atoms with Crippen LogP contribution in [0.15, 0.2) is 42.1 Å². The number of carbonyl (C=O) groups excluding carboxylic acids is 1. The van der Waals surface area contributed by atoms with Gasteiger partial charge in [-0.15, -0.1) is 0 Å². The predicted molar refractivity (Wildman–Crippen MR) is 146 cm³/mol. The monoisotopic (exact) mass is 564 g/mol. The predicted octanol–water partition coefficient (Wildman–Crippen LogP) is 6.44. The molecule has 1 heterocycles. The van der Waals surface area contributed by atoms with Gasteiger partial charge in [0.25, 0.3) is 0 Å². The highest BCUT2D eigenvalue weighted by molar-refractivity contribution is 5.85. The first-order chi connectivity index (χ1) is 18.6. The fraction of sp³-hybridized carbons (Fsp3) is 0.467. The van der Waals surface area contributed by atoms with E-state index in [0.29, 0.717) is 35.2 Å². The van der Waals surface area contributed by atoms with Gasteiger partial charge in [-0.2, -0.15) is 13.2 Å². The number of alkyl halides is 3. The standard InChI is InChI=1S/C30H37F5N4O/c1-18-12-25(32)22(15-24(18)31)14-23(37-19(2)16-29(3,4)5)8-9-26-27(21-7-6-20(13-21)17-40)38-28(30(33,34)35)39(26)11-10-36/h6-7,12,15,17,23,37H,2,8-11,13-14,16,36H2,1,3-5H3. The van der Waals surface area contributed by atoms with E-state index in [1.807, 2.05) is 20.8 Å². The van der Waals surface area contributed by atoms with E-state index >= 15 is 0 Å². The van der Waals surface area contributed by atoms with E-state index in [0.717, 1.165) is 16.7 Å². The Morgan fingerprint density at radius 1 is 1.20 bits per heavy atom. The van der Waals surface area contributed by atoms with Gasteiger partial charge in [-0.25, -0.2) is 13.8 Å². The molecule has 2 aromatic rings. The van der Waals surface area contributed by atoms with Crippen molar-refractivity contribution < 1.29 is 26.7 Å². The number of aryl methyl sites for hydroxylation is 1. The molecule has 0 saturated heterocycles. The van der Waals surface area contributed by atoms with Crippen molar-refractivity contribution in [1.82, 2.24) is 14.9 Å². The molecule has 1 aliphatic carbocycles. The lowest BCUT2D eigenvalue weighted by molar-refractivity contribution is -0.147. The van der Waals surface area contributed by atoms with Crippen LogP contribution in [0.2, 0.25) is 0 Å². The van der Waals surface area contributed by atoms with Gasteiger partial charge in [-0.3, -0.25) is 4.79 Å². The fourth-order valence-electron chi connectivity index (χ4n) is 5.00. The number of carbonyl (C=O) groups is 1. The van der Waals surface area contributed by atoms with Gasteiger partial charge >= 0.3 is 6.18 Å². The molecular weight excluding hydrogens is 527 g/mol. The molecule has 0 saturated carbocycles. The molecule has 1 unspecified atom stereocenters.